The minimum Gasteiger partial charge on any atom is -0.377 e. The number of amides is 2. The molecule has 3 N–H and O–H groups in total. The molecule has 1 aromatic heterocycles. The molecule has 8 heteroatoms. The van der Waals surface area contributed by atoms with Crippen LogP contribution in [-0.2, 0) is 9.53 Å². The van der Waals surface area contributed by atoms with Gasteiger partial charge in [0.15, 0.2) is 0 Å². The van der Waals surface area contributed by atoms with Crippen molar-refractivity contribution in [1.29, 1.82) is 0 Å². The fraction of sp³-hybridized carbons (Fsp3) is 0.731. The van der Waals surface area contributed by atoms with Crippen LogP contribution >= 0.6 is 0 Å². The fourth-order valence-corrected chi connectivity index (χ4v) is 5.86. The van der Waals surface area contributed by atoms with E-state index in [2.05, 4.69) is 15.2 Å². The zero-order chi connectivity index (χ0) is 23.8. The van der Waals surface area contributed by atoms with Crippen LogP contribution in [0.3, 0.4) is 0 Å². The van der Waals surface area contributed by atoms with Gasteiger partial charge in [-0.3, -0.25) is 19.5 Å². The summed E-state index contributed by atoms with van der Waals surface area (Å²) >= 11 is 0. The monoisotopic (exact) mass is 471 g/mol. The maximum atomic E-state index is 13.3. The number of nitrogens with two attached hydrogens (primary N) is 1. The molecule has 0 spiro atoms. The third-order valence-corrected chi connectivity index (χ3v) is 7.69. The Morgan fingerprint density at radius 3 is 2.71 bits per heavy atom. The number of likely N-dealkylation sites (tertiary alicyclic amines) is 1. The molecule has 2 unspecified atom stereocenters. The summed E-state index contributed by atoms with van der Waals surface area (Å²) in [6, 6.07) is 3.29. The van der Waals surface area contributed by atoms with Gasteiger partial charge in [-0.25, -0.2) is 0 Å². The van der Waals surface area contributed by atoms with Gasteiger partial charge in [0.05, 0.1) is 11.7 Å². The van der Waals surface area contributed by atoms with Gasteiger partial charge in [-0.05, 0) is 56.6 Å². The van der Waals surface area contributed by atoms with Gasteiger partial charge in [-0.2, -0.15) is 0 Å². The van der Waals surface area contributed by atoms with Crippen molar-refractivity contribution in [3.05, 3.63) is 30.1 Å². The van der Waals surface area contributed by atoms with Gasteiger partial charge in [-0.1, -0.05) is 19.3 Å². The molecule has 188 valence electrons. The Hall–Kier alpha value is -2.03. The molecule has 3 heterocycles. The Labute approximate surface area is 203 Å². The molecule has 2 amide bonds. The van der Waals surface area contributed by atoms with Gasteiger partial charge in [-0.15, -0.1) is 0 Å². The molecule has 34 heavy (non-hydrogen) atoms. The third-order valence-electron chi connectivity index (χ3n) is 7.69. The lowest BCUT2D eigenvalue weighted by atomic mass is 9.87. The lowest BCUT2D eigenvalue weighted by molar-refractivity contribution is -0.127. The highest BCUT2D eigenvalue weighted by Crippen LogP contribution is 2.30. The Kier molecular flexibility index (Phi) is 9.30. The second-order valence-corrected chi connectivity index (χ2v) is 10.1. The van der Waals surface area contributed by atoms with Crippen molar-refractivity contribution in [2.45, 2.75) is 76.0 Å². The van der Waals surface area contributed by atoms with Gasteiger partial charge >= 0.3 is 0 Å². The van der Waals surface area contributed by atoms with E-state index in [4.69, 9.17) is 10.5 Å². The average Bonchev–Trinajstić information content (AvgIpc) is 3.40. The van der Waals surface area contributed by atoms with Crippen LogP contribution in [0.4, 0.5) is 0 Å². The van der Waals surface area contributed by atoms with Gasteiger partial charge in [0.1, 0.15) is 6.04 Å². The van der Waals surface area contributed by atoms with Gasteiger partial charge in [0.2, 0.25) is 5.91 Å². The van der Waals surface area contributed by atoms with Crippen LogP contribution < -0.4 is 11.1 Å². The number of aromatic nitrogens is 1. The highest BCUT2D eigenvalue weighted by atomic mass is 16.5. The molecule has 1 aromatic rings. The van der Waals surface area contributed by atoms with Crippen molar-refractivity contribution < 1.29 is 14.3 Å². The van der Waals surface area contributed by atoms with E-state index in [1.54, 1.807) is 29.4 Å². The van der Waals surface area contributed by atoms with Crippen molar-refractivity contribution in [2.24, 2.45) is 11.7 Å². The number of hydrogen-bond acceptors (Lipinski definition) is 6. The summed E-state index contributed by atoms with van der Waals surface area (Å²) in [7, 11) is 0. The van der Waals surface area contributed by atoms with Crippen LogP contribution in [0.25, 0.3) is 0 Å². The zero-order valence-electron chi connectivity index (χ0n) is 20.4. The summed E-state index contributed by atoms with van der Waals surface area (Å²) in [4.78, 5) is 34.9. The number of hydrogen-bond donors (Lipinski definition) is 2. The predicted molar refractivity (Wildman–Crippen MR) is 131 cm³/mol. The van der Waals surface area contributed by atoms with Gasteiger partial charge in [0.25, 0.3) is 5.91 Å². The topological polar surface area (TPSA) is 101 Å². The quantitative estimate of drug-likeness (QED) is 0.573. The predicted octanol–water partition coefficient (Wildman–Crippen LogP) is 2.19. The van der Waals surface area contributed by atoms with Crippen molar-refractivity contribution in [1.82, 2.24) is 20.1 Å². The molecule has 3 aliphatic rings. The molecule has 0 bridgehead atoms. The van der Waals surface area contributed by atoms with Crippen LogP contribution in [0.2, 0.25) is 0 Å². The van der Waals surface area contributed by atoms with Gasteiger partial charge in [0, 0.05) is 57.8 Å². The summed E-state index contributed by atoms with van der Waals surface area (Å²) in [5, 5.41) is 2.94. The SMILES string of the molecule is NCCNC(=O)[C@H]1CC(N(CC2CCCCC2)CC2CCCO2)CCN1C(=O)c1cccnc1. The summed E-state index contributed by atoms with van der Waals surface area (Å²) in [6.07, 6.45) is 13.8. The zero-order valence-corrected chi connectivity index (χ0v) is 20.4. The molecule has 3 atom stereocenters. The maximum absolute atomic E-state index is 13.3. The number of pyridine rings is 1. The minimum absolute atomic E-state index is 0.109. The smallest absolute Gasteiger partial charge is 0.256 e. The third kappa shape index (κ3) is 6.55. The van der Waals surface area contributed by atoms with Crippen LogP contribution in [0.5, 0.6) is 0 Å². The minimum atomic E-state index is -0.503. The normalized spacial score (nSPS) is 26.1. The standard InChI is InChI=1S/C26H41N5O3/c27-11-13-29-25(32)24-16-22(10-14-31(24)26(33)21-8-4-12-28-17-21)30(19-23-9-5-15-34-23)18-20-6-2-1-3-7-20/h4,8,12,17,20,22-24H,1-3,5-7,9-11,13-16,18-19,27H2,(H,29,32)/t22?,23?,24-/m1/s1. The number of piperidine rings is 1. The van der Waals surface area contributed by atoms with Crippen LogP contribution in [0, 0.1) is 5.92 Å². The van der Waals surface area contributed by atoms with Gasteiger partial charge < -0.3 is 20.7 Å². The number of nitrogens with one attached hydrogen (secondary N) is 1. The molecule has 2 saturated heterocycles. The molecule has 3 fully saturated rings. The van der Waals surface area contributed by atoms with Crippen LogP contribution in [-0.4, -0.2) is 84.1 Å². The molecule has 1 aliphatic carbocycles. The van der Waals surface area contributed by atoms with E-state index < -0.39 is 6.04 Å². The van der Waals surface area contributed by atoms with E-state index in [9.17, 15) is 9.59 Å². The van der Waals surface area contributed by atoms with E-state index >= 15 is 0 Å². The number of nitrogens with zero attached hydrogens (tertiary/aromatic N) is 3. The molecule has 8 nitrogen and oxygen atoms in total. The Balaban J connectivity index is 1.50. The summed E-state index contributed by atoms with van der Waals surface area (Å²) in [6.45, 7) is 4.20. The fourth-order valence-electron chi connectivity index (χ4n) is 5.86. The molecule has 1 saturated carbocycles. The largest absolute Gasteiger partial charge is 0.377 e. The summed E-state index contributed by atoms with van der Waals surface area (Å²) in [5.74, 6) is 0.481. The van der Waals surface area contributed by atoms with E-state index in [1.807, 2.05) is 0 Å². The highest BCUT2D eigenvalue weighted by Gasteiger charge is 2.39. The molecule has 0 aromatic carbocycles. The second kappa shape index (κ2) is 12.6. The first kappa shape index (κ1) is 25.1. The average molecular weight is 472 g/mol. The van der Waals surface area contributed by atoms with E-state index in [0.717, 1.165) is 44.9 Å². The number of ether oxygens (including phenoxy) is 1. The maximum Gasteiger partial charge on any atom is 0.256 e. The lowest BCUT2D eigenvalue weighted by Crippen LogP contribution is -2.58. The van der Waals surface area contributed by atoms with E-state index in [0.29, 0.717) is 31.6 Å². The Morgan fingerprint density at radius 2 is 2.00 bits per heavy atom. The van der Waals surface area contributed by atoms with E-state index in [-0.39, 0.29) is 24.0 Å². The van der Waals surface area contributed by atoms with E-state index in [1.165, 1.54) is 32.1 Å². The lowest BCUT2D eigenvalue weighted by Gasteiger charge is -2.44. The number of carbonyl (C=O) groups is 2. The first-order valence-electron chi connectivity index (χ1n) is 13.2. The first-order valence-corrected chi connectivity index (χ1v) is 13.2. The molecular weight excluding hydrogens is 430 g/mol. The number of rotatable bonds is 9. The summed E-state index contributed by atoms with van der Waals surface area (Å²) < 4.78 is 6.00. The Bertz CT molecular complexity index is 780. The first-order chi connectivity index (χ1) is 16.7. The summed E-state index contributed by atoms with van der Waals surface area (Å²) in [5.41, 5.74) is 6.16. The number of carbonyl (C=O) groups excluding carboxylic acids is 2. The van der Waals surface area contributed by atoms with Crippen molar-refractivity contribution in [2.75, 3.05) is 39.3 Å². The van der Waals surface area contributed by atoms with Crippen LogP contribution in [0.1, 0.15) is 68.1 Å². The Morgan fingerprint density at radius 1 is 1.15 bits per heavy atom. The second-order valence-electron chi connectivity index (χ2n) is 10.1. The molecule has 0 radical (unpaired) electrons. The van der Waals surface area contributed by atoms with Crippen molar-refractivity contribution in [3.8, 4) is 0 Å². The molecule has 2 aliphatic heterocycles. The molecule has 4 rings (SSSR count). The molecular formula is C26H41N5O3. The van der Waals surface area contributed by atoms with Crippen molar-refractivity contribution in [3.63, 3.8) is 0 Å². The highest BCUT2D eigenvalue weighted by molar-refractivity contribution is 5.97. The van der Waals surface area contributed by atoms with Crippen LogP contribution in [0.15, 0.2) is 24.5 Å². The van der Waals surface area contributed by atoms with Crippen molar-refractivity contribution >= 4 is 11.8 Å².